The first-order valence-corrected chi connectivity index (χ1v) is 6.05. The lowest BCUT2D eigenvalue weighted by molar-refractivity contribution is 1.13. The van der Waals surface area contributed by atoms with Crippen molar-refractivity contribution in [2.45, 2.75) is 0 Å². The van der Waals surface area contributed by atoms with Crippen LogP contribution in [0.15, 0.2) is 52.6 Å². The van der Waals surface area contributed by atoms with Gasteiger partial charge in [-0.25, -0.2) is 4.98 Å². The second kappa shape index (κ2) is 3.74. The lowest BCUT2D eigenvalue weighted by atomic mass is 10.2. The highest BCUT2D eigenvalue weighted by Gasteiger charge is 2.16. The first-order valence-electron chi connectivity index (χ1n) is 6.05. The van der Waals surface area contributed by atoms with E-state index in [1.165, 1.54) is 4.40 Å². The molecule has 0 aliphatic heterocycles. The predicted molar refractivity (Wildman–Crippen MR) is 76.3 cm³/mol. The van der Waals surface area contributed by atoms with E-state index in [-0.39, 0.29) is 11.2 Å². The summed E-state index contributed by atoms with van der Waals surface area (Å²) in [5.74, 6) is 0. The number of aromatic nitrogens is 3. The summed E-state index contributed by atoms with van der Waals surface area (Å²) in [7, 11) is 0. The van der Waals surface area contributed by atoms with E-state index >= 15 is 0 Å². The van der Waals surface area contributed by atoms with Crippen molar-refractivity contribution >= 4 is 33.3 Å². The van der Waals surface area contributed by atoms with Crippen LogP contribution in [0.3, 0.4) is 0 Å². The Bertz CT molecular complexity index is 1050. The molecule has 0 aliphatic carbocycles. The second-order valence-corrected chi connectivity index (χ2v) is 4.47. The topological polar surface area (TPSA) is 79.6 Å². The van der Waals surface area contributed by atoms with Crippen LogP contribution in [0.2, 0.25) is 0 Å². The number of hydrogen-bond acceptors (Lipinski definition) is 4. The normalized spacial score (nSPS) is 11.4. The number of para-hydroxylation sites is 1. The maximum absolute atomic E-state index is 12.6. The van der Waals surface area contributed by atoms with Crippen LogP contribution in [-0.4, -0.2) is 14.4 Å². The number of nitrogens with zero attached hydrogens (tertiary/aromatic N) is 3. The van der Waals surface area contributed by atoms with Crippen molar-refractivity contribution in [1.82, 2.24) is 14.4 Å². The molecule has 0 spiro atoms. The van der Waals surface area contributed by atoms with Gasteiger partial charge in [-0.05, 0) is 23.4 Å². The van der Waals surface area contributed by atoms with Gasteiger partial charge in [0.2, 0.25) is 0 Å². The summed E-state index contributed by atoms with van der Waals surface area (Å²) in [6.07, 6.45) is 1.59. The molecule has 0 unspecified atom stereocenters. The van der Waals surface area contributed by atoms with Crippen molar-refractivity contribution in [2.24, 2.45) is 5.18 Å². The lowest BCUT2D eigenvalue weighted by Crippen LogP contribution is -2.14. The molecule has 0 radical (unpaired) electrons. The van der Waals surface area contributed by atoms with Gasteiger partial charge in [-0.15, -0.1) is 4.91 Å². The standard InChI is InChI=1S/C14H8N4O2/c19-14-9-5-3-7-15-12(9)16-13-11(17-20)8-4-1-2-6-10(8)18(13)14/h1-7H,(H,15,16). The molecular formula is C14H8N4O2. The van der Waals surface area contributed by atoms with E-state index in [0.717, 1.165) is 0 Å². The number of nitroso groups, excluding NO2 is 1. The van der Waals surface area contributed by atoms with E-state index in [0.29, 0.717) is 27.6 Å². The van der Waals surface area contributed by atoms with Crippen molar-refractivity contribution in [2.75, 3.05) is 0 Å². The molecular weight excluding hydrogens is 256 g/mol. The average Bonchev–Trinajstić information content (AvgIpc) is 2.81. The zero-order valence-corrected chi connectivity index (χ0v) is 10.2. The predicted octanol–water partition coefficient (Wildman–Crippen LogP) is 2.73. The maximum Gasteiger partial charge on any atom is 0.267 e. The SMILES string of the molecule is O=Nc1c2ccccc2n2c(=O)c3cccnc3[nH]c12. The van der Waals surface area contributed by atoms with Crippen LogP contribution in [0, 0.1) is 4.91 Å². The Balaban J connectivity index is 2.42. The van der Waals surface area contributed by atoms with Gasteiger partial charge in [-0.1, -0.05) is 18.2 Å². The molecule has 0 atom stereocenters. The summed E-state index contributed by atoms with van der Waals surface area (Å²) in [6, 6.07) is 10.6. The number of fused-ring (bicyclic) bond motifs is 4. The van der Waals surface area contributed by atoms with Crippen molar-refractivity contribution in [3.05, 3.63) is 57.9 Å². The molecule has 4 aromatic rings. The van der Waals surface area contributed by atoms with Gasteiger partial charge in [-0.2, -0.15) is 0 Å². The largest absolute Gasteiger partial charge is 0.323 e. The molecule has 6 nitrogen and oxygen atoms in total. The van der Waals surface area contributed by atoms with Crippen molar-refractivity contribution in [3.8, 4) is 0 Å². The molecule has 0 saturated heterocycles. The molecule has 1 N–H and O–H groups in total. The zero-order valence-electron chi connectivity index (χ0n) is 10.2. The fraction of sp³-hybridized carbons (Fsp3) is 0. The van der Waals surface area contributed by atoms with Crippen molar-refractivity contribution in [1.29, 1.82) is 0 Å². The fourth-order valence-electron chi connectivity index (χ4n) is 2.55. The van der Waals surface area contributed by atoms with Crippen molar-refractivity contribution < 1.29 is 0 Å². The van der Waals surface area contributed by atoms with Crippen LogP contribution in [-0.2, 0) is 0 Å². The molecule has 20 heavy (non-hydrogen) atoms. The highest BCUT2D eigenvalue weighted by Crippen LogP contribution is 2.31. The number of aromatic amines is 1. The van der Waals surface area contributed by atoms with E-state index in [9.17, 15) is 9.70 Å². The molecule has 0 fully saturated rings. The smallest absolute Gasteiger partial charge is 0.267 e. The van der Waals surface area contributed by atoms with Gasteiger partial charge in [0.25, 0.3) is 5.56 Å². The number of H-pyrrole nitrogens is 1. The van der Waals surface area contributed by atoms with Crippen LogP contribution in [0.1, 0.15) is 0 Å². The van der Waals surface area contributed by atoms with E-state index in [2.05, 4.69) is 15.1 Å². The Kier molecular flexibility index (Phi) is 2.03. The van der Waals surface area contributed by atoms with Crippen LogP contribution < -0.4 is 5.56 Å². The number of hydrogen-bond donors (Lipinski definition) is 1. The monoisotopic (exact) mass is 264 g/mol. The third-order valence-corrected chi connectivity index (χ3v) is 3.42. The fourth-order valence-corrected chi connectivity index (χ4v) is 2.55. The summed E-state index contributed by atoms with van der Waals surface area (Å²) in [4.78, 5) is 30.9. The molecule has 0 bridgehead atoms. The molecule has 4 rings (SSSR count). The van der Waals surface area contributed by atoms with E-state index in [4.69, 9.17) is 0 Å². The Morgan fingerprint density at radius 1 is 1.10 bits per heavy atom. The minimum absolute atomic E-state index is 0.215. The summed E-state index contributed by atoms with van der Waals surface area (Å²) in [6.45, 7) is 0. The number of benzene rings is 1. The summed E-state index contributed by atoms with van der Waals surface area (Å²) >= 11 is 0. The molecule has 0 saturated carbocycles. The highest BCUT2D eigenvalue weighted by atomic mass is 16.3. The number of rotatable bonds is 1. The summed E-state index contributed by atoms with van der Waals surface area (Å²) in [5.41, 5.74) is 1.48. The Hall–Kier alpha value is -3.02. The quantitative estimate of drug-likeness (QED) is 0.537. The van der Waals surface area contributed by atoms with Gasteiger partial charge in [0.05, 0.1) is 10.9 Å². The van der Waals surface area contributed by atoms with Gasteiger partial charge < -0.3 is 4.98 Å². The number of nitrogens with one attached hydrogen (secondary N) is 1. The number of pyridine rings is 1. The molecule has 96 valence electrons. The van der Waals surface area contributed by atoms with Crippen LogP contribution in [0.25, 0.3) is 27.6 Å². The first-order chi connectivity index (χ1) is 9.81. The summed E-state index contributed by atoms with van der Waals surface area (Å²) in [5, 5.41) is 4.18. The molecule has 3 heterocycles. The second-order valence-electron chi connectivity index (χ2n) is 4.47. The first kappa shape index (κ1) is 10.9. The highest BCUT2D eigenvalue weighted by molar-refractivity contribution is 6.01. The molecule has 3 aromatic heterocycles. The maximum atomic E-state index is 12.6. The lowest BCUT2D eigenvalue weighted by Gasteiger charge is -2.00. The Labute approximate surface area is 111 Å². The van der Waals surface area contributed by atoms with Crippen LogP contribution in [0.4, 0.5) is 5.69 Å². The van der Waals surface area contributed by atoms with Gasteiger partial charge in [0, 0.05) is 11.6 Å². The Morgan fingerprint density at radius 2 is 1.90 bits per heavy atom. The minimum Gasteiger partial charge on any atom is -0.323 e. The third kappa shape index (κ3) is 1.22. The zero-order chi connectivity index (χ0) is 13.7. The van der Waals surface area contributed by atoms with E-state index in [1.54, 1.807) is 36.5 Å². The molecule has 1 aromatic carbocycles. The van der Waals surface area contributed by atoms with Gasteiger partial charge in [-0.3, -0.25) is 9.20 Å². The van der Waals surface area contributed by atoms with E-state index in [1.807, 2.05) is 6.07 Å². The van der Waals surface area contributed by atoms with Gasteiger partial charge in [0.1, 0.15) is 11.3 Å². The third-order valence-electron chi connectivity index (χ3n) is 3.42. The van der Waals surface area contributed by atoms with E-state index < -0.39 is 0 Å². The van der Waals surface area contributed by atoms with Gasteiger partial charge >= 0.3 is 0 Å². The van der Waals surface area contributed by atoms with Crippen molar-refractivity contribution in [3.63, 3.8) is 0 Å². The molecule has 0 aliphatic rings. The molecule has 6 heteroatoms. The van der Waals surface area contributed by atoms with Crippen LogP contribution in [0.5, 0.6) is 0 Å². The Morgan fingerprint density at radius 3 is 2.75 bits per heavy atom. The average molecular weight is 264 g/mol. The molecule has 0 amide bonds. The summed E-state index contributed by atoms with van der Waals surface area (Å²) < 4.78 is 1.47. The van der Waals surface area contributed by atoms with Gasteiger partial charge in [0.15, 0.2) is 5.69 Å². The minimum atomic E-state index is -0.215. The van der Waals surface area contributed by atoms with Crippen LogP contribution >= 0.6 is 0 Å².